The zero-order valence-corrected chi connectivity index (χ0v) is 14.6. The van der Waals surface area contributed by atoms with Crippen LogP contribution in [-0.4, -0.2) is 21.3 Å². The first-order valence-corrected chi connectivity index (χ1v) is 7.74. The number of halogens is 1. The third-order valence-corrected chi connectivity index (χ3v) is 3.96. The second kappa shape index (κ2) is 8.09. The Morgan fingerprint density at radius 2 is 1.52 bits per heavy atom. The fourth-order valence-corrected chi connectivity index (χ4v) is 2.50. The van der Waals surface area contributed by atoms with E-state index in [1.807, 2.05) is 36.4 Å². The zero-order valence-electron chi connectivity index (χ0n) is 13.9. The number of benzene rings is 2. The lowest BCUT2D eigenvalue weighted by Crippen LogP contribution is -2.18. The van der Waals surface area contributed by atoms with Crippen LogP contribution in [-0.2, 0) is 6.54 Å². The van der Waals surface area contributed by atoms with E-state index in [1.165, 1.54) is 5.56 Å². The van der Waals surface area contributed by atoms with Gasteiger partial charge in [0.1, 0.15) is 0 Å². The molecule has 2 aromatic carbocycles. The van der Waals surface area contributed by atoms with E-state index in [4.69, 9.17) is 25.8 Å². The van der Waals surface area contributed by atoms with E-state index in [2.05, 4.69) is 12.2 Å². The number of hydrogen-bond acceptors (Lipinski definition) is 4. The maximum Gasteiger partial charge on any atom is 0.203 e. The highest BCUT2D eigenvalue weighted by Crippen LogP contribution is 2.38. The Morgan fingerprint density at radius 1 is 0.957 bits per heavy atom. The van der Waals surface area contributed by atoms with E-state index in [0.717, 1.165) is 10.6 Å². The molecule has 0 amide bonds. The fourth-order valence-electron chi connectivity index (χ4n) is 2.38. The van der Waals surface area contributed by atoms with E-state index >= 15 is 0 Å². The first kappa shape index (κ1) is 17.4. The molecular formula is C18H22ClNO3. The highest BCUT2D eigenvalue weighted by atomic mass is 35.5. The Hall–Kier alpha value is -1.91. The molecule has 5 heteroatoms. The largest absolute Gasteiger partial charge is 0.493 e. The minimum Gasteiger partial charge on any atom is -0.493 e. The monoisotopic (exact) mass is 335 g/mol. The van der Waals surface area contributed by atoms with E-state index in [-0.39, 0.29) is 6.04 Å². The number of nitrogens with one attached hydrogen (secondary N) is 1. The average Bonchev–Trinajstić information content (AvgIpc) is 2.59. The number of hydrogen-bond donors (Lipinski definition) is 1. The highest BCUT2D eigenvalue weighted by molar-refractivity contribution is 6.30. The highest BCUT2D eigenvalue weighted by Gasteiger charge is 2.13. The summed E-state index contributed by atoms with van der Waals surface area (Å²) in [6, 6.07) is 11.9. The van der Waals surface area contributed by atoms with Gasteiger partial charge in [-0.3, -0.25) is 0 Å². The Labute approximate surface area is 142 Å². The van der Waals surface area contributed by atoms with Gasteiger partial charge in [0.2, 0.25) is 5.75 Å². The maximum atomic E-state index is 5.92. The van der Waals surface area contributed by atoms with Gasteiger partial charge in [-0.1, -0.05) is 23.7 Å². The quantitative estimate of drug-likeness (QED) is 0.822. The molecule has 124 valence electrons. The summed E-state index contributed by atoms with van der Waals surface area (Å²) in [7, 11) is 4.83. The molecule has 0 spiro atoms. The van der Waals surface area contributed by atoms with Crippen LogP contribution in [0.4, 0.5) is 0 Å². The van der Waals surface area contributed by atoms with Crippen molar-refractivity contribution in [2.75, 3.05) is 21.3 Å². The molecular weight excluding hydrogens is 314 g/mol. The fraction of sp³-hybridized carbons (Fsp3) is 0.333. The van der Waals surface area contributed by atoms with Gasteiger partial charge in [0.15, 0.2) is 11.5 Å². The molecule has 0 aliphatic heterocycles. The summed E-state index contributed by atoms with van der Waals surface area (Å²) in [5.74, 6) is 1.91. The molecule has 1 atom stereocenters. The van der Waals surface area contributed by atoms with Crippen LogP contribution in [0.2, 0.25) is 5.02 Å². The summed E-state index contributed by atoms with van der Waals surface area (Å²) in [6.45, 7) is 2.79. The van der Waals surface area contributed by atoms with Crippen molar-refractivity contribution >= 4 is 11.6 Å². The van der Waals surface area contributed by atoms with Gasteiger partial charge in [0.05, 0.1) is 21.3 Å². The predicted octanol–water partition coefficient (Wildman–Crippen LogP) is 4.22. The summed E-state index contributed by atoms with van der Waals surface area (Å²) in [4.78, 5) is 0. The summed E-state index contributed by atoms with van der Waals surface area (Å²) >= 11 is 5.92. The van der Waals surface area contributed by atoms with Gasteiger partial charge < -0.3 is 19.5 Å². The molecule has 2 aromatic rings. The van der Waals surface area contributed by atoms with Gasteiger partial charge in [0, 0.05) is 17.6 Å². The van der Waals surface area contributed by atoms with Crippen LogP contribution >= 0.6 is 11.6 Å². The van der Waals surface area contributed by atoms with Gasteiger partial charge in [-0.25, -0.2) is 0 Å². The predicted molar refractivity (Wildman–Crippen MR) is 92.8 cm³/mol. The van der Waals surface area contributed by atoms with Crippen LogP contribution in [0.25, 0.3) is 0 Å². The lowest BCUT2D eigenvalue weighted by Gasteiger charge is -2.17. The van der Waals surface area contributed by atoms with Crippen molar-refractivity contribution in [3.8, 4) is 17.2 Å². The molecule has 23 heavy (non-hydrogen) atoms. The van der Waals surface area contributed by atoms with Crippen molar-refractivity contribution in [1.82, 2.24) is 5.32 Å². The van der Waals surface area contributed by atoms with Crippen LogP contribution in [0.1, 0.15) is 24.1 Å². The number of ether oxygens (including phenoxy) is 3. The van der Waals surface area contributed by atoms with Crippen molar-refractivity contribution in [3.05, 3.63) is 52.5 Å². The number of rotatable bonds is 7. The maximum absolute atomic E-state index is 5.92. The summed E-state index contributed by atoms with van der Waals surface area (Å²) in [6.07, 6.45) is 0. The van der Waals surface area contributed by atoms with Crippen molar-refractivity contribution in [3.63, 3.8) is 0 Å². The molecule has 0 heterocycles. The van der Waals surface area contributed by atoms with E-state index in [9.17, 15) is 0 Å². The molecule has 0 fully saturated rings. The molecule has 0 bridgehead atoms. The van der Waals surface area contributed by atoms with Crippen LogP contribution in [0, 0.1) is 0 Å². The smallest absolute Gasteiger partial charge is 0.203 e. The normalized spacial score (nSPS) is 11.9. The molecule has 4 nitrogen and oxygen atoms in total. The molecule has 1 N–H and O–H groups in total. The van der Waals surface area contributed by atoms with Crippen LogP contribution in [0.15, 0.2) is 36.4 Å². The first-order chi connectivity index (χ1) is 11.1. The third-order valence-electron chi connectivity index (χ3n) is 3.71. The van der Waals surface area contributed by atoms with Crippen LogP contribution in [0.3, 0.4) is 0 Å². The molecule has 0 saturated heterocycles. The van der Waals surface area contributed by atoms with Crippen molar-refractivity contribution < 1.29 is 14.2 Å². The van der Waals surface area contributed by atoms with Crippen LogP contribution in [0.5, 0.6) is 17.2 Å². The Morgan fingerprint density at radius 3 is 2.00 bits per heavy atom. The molecule has 2 rings (SSSR count). The van der Waals surface area contributed by atoms with E-state index in [0.29, 0.717) is 23.8 Å². The second-order valence-corrected chi connectivity index (χ2v) is 5.62. The van der Waals surface area contributed by atoms with Crippen LogP contribution < -0.4 is 19.5 Å². The van der Waals surface area contributed by atoms with Gasteiger partial charge >= 0.3 is 0 Å². The molecule has 0 aliphatic carbocycles. The summed E-state index contributed by atoms with van der Waals surface area (Å²) < 4.78 is 16.1. The Bertz CT molecular complexity index is 618. The minimum absolute atomic E-state index is 0.200. The van der Waals surface area contributed by atoms with E-state index < -0.39 is 0 Å². The van der Waals surface area contributed by atoms with Gasteiger partial charge in [-0.15, -0.1) is 0 Å². The Kier molecular flexibility index (Phi) is 6.13. The molecule has 0 aromatic heterocycles. The van der Waals surface area contributed by atoms with Crippen molar-refractivity contribution in [2.45, 2.75) is 19.5 Å². The van der Waals surface area contributed by atoms with Gasteiger partial charge in [-0.2, -0.15) is 0 Å². The first-order valence-electron chi connectivity index (χ1n) is 7.36. The lowest BCUT2D eigenvalue weighted by atomic mass is 10.1. The van der Waals surface area contributed by atoms with Crippen molar-refractivity contribution in [1.29, 1.82) is 0 Å². The Balaban J connectivity index is 2.12. The minimum atomic E-state index is 0.200. The molecule has 0 aliphatic rings. The topological polar surface area (TPSA) is 39.7 Å². The molecule has 0 radical (unpaired) electrons. The van der Waals surface area contributed by atoms with Gasteiger partial charge in [-0.05, 0) is 42.3 Å². The SMILES string of the molecule is COc1cc(CNC(C)c2ccc(Cl)cc2)cc(OC)c1OC. The average molecular weight is 336 g/mol. The van der Waals surface area contributed by atoms with E-state index in [1.54, 1.807) is 21.3 Å². The number of methoxy groups -OCH3 is 3. The second-order valence-electron chi connectivity index (χ2n) is 5.19. The zero-order chi connectivity index (χ0) is 16.8. The third kappa shape index (κ3) is 4.30. The summed E-state index contributed by atoms with van der Waals surface area (Å²) in [5.41, 5.74) is 2.24. The summed E-state index contributed by atoms with van der Waals surface area (Å²) in [5, 5.41) is 4.22. The molecule has 1 unspecified atom stereocenters. The van der Waals surface area contributed by atoms with Crippen molar-refractivity contribution in [2.24, 2.45) is 0 Å². The lowest BCUT2D eigenvalue weighted by molar-refractivity contribution is 0.323. The van der Waals surface area contributed by atoms with Gasteiger partial charge in [0.25, 0.3) is 0 Å². The standard InChI is InChI=1S/C18H22ClNO3/c1-12(14-5-7-15(19)8-6-14)20-11-13-9-16(21-2)18(23-4)17(10-13)22-3/h5-10,12,20H,11H2,1-4H3. The molecule has 0 saturated carbocycles.